The Balaban J connectivity index is 1.87. The Morgan fingerprint density at radius 1 is 1.03 bits per heavy atom. The topological polar surface area (TPSA) is 75.7 Å². The Labute approximate surface area is 206 Å². The van der Waals surface area contributed by atoms with Crippen LogP contribution < -0.4 is 10.1 Å². The minimum Gasteiger partial charge on any atom is -0.497 e. The van der Waals surface area contributed by atoms with Gasteiger partial charge in [0.25, 0.3) is 0 Å². The molecule has 186 valence electrons. The second-order valence-electron chi connectivity index (χ2n) is 7.49. The molecule has 11 heteroatoms. The third kappa shape index (κ3) is 6.97. The molecule has 0 aliphatic rings. The number of anilines is 1. The fourth-order valence-electron chi connectivity index (χ4n) is 3.29. The first-order chi connectivity index (χ1) is 16.5. The van der Waals surface area contributed by atoms with Crippen LogP contribution >= 0.6 is 11.6 Å². The van der Waals surface area contributed by atoms with E-state index in [4.69, 9.17) is 16.3 Å². The SMILES string of the molecule is COc1ccc(S(=O)(=O)N(CCc2ccccc2)CC(=O)Nc2ccc(Cl)cc2C(F)(F)F)cc1. The van der Waals surface area contributed by atoms with Crippen molar-refractivity contribution in [2.75, 3.05) is 25.5 Å². The van der Waals surface area contributed by atoms with Crippen LogP contribution in [0.5, 0.6) is 5.75 Å². The van der Waals surface area contributed by atoms with E-state index in [1.807, 2.05) is 18.2 Å². The average molecular weight is 527 g/mol. The molecule has 0 spiro atoms. The number of carbonyl (C=O) groups is 1. The predicted octanol–water partition coefficient (Wildman–Crippen LogP) is 5.24. The highest BCUT2D eigenvalue weighted by molar-refractivity contribution is 7.89. The summed E-state index contributed by atoms with van der Waals surface area (Å²) in [6.45, 7) is -0.764. The lowest BCUT2D eigenvalue weighted by Crippen LogP contribution is -2.39. The lowest BCUT2D eigenvalue weighted by molar-refractivity contribution is -0.137. The summed E-state index contributed by atoms with van der Waals surface area (Å²) in [5.41, 5.74) is -0.816. The number of halogens is 4. The summed E-state index contributed by atoms with van der Waals surface area (Å²) >= 11 is 5.68. The number of alkyl halides is 3. The largest absolute Gasteiger partial charge is 0.497 e. The second-order valence-corrected chi connectivity index (χ2v) is 9.86. The summed E-state index contributed by atoms with van der Waals surface area (Å²) in [4.78, 5) is 12.7. The quantitative estimate of drug-likeness (QED) is 0.414. The Morgan fingerprint density at radius 2 is 1.69 bits per heavy atom. The number of ether oxygens (including phenoxy) is 1. The molecule has 1 amide bonds. The molecule has 0 aromatic heterocycles. The maximum atomic E-state index is 13.4. The standard InChI is InChI=1S/C24H22ClF3N2O4S/c1-34-19-8-10-20(11-9-19)35(32,33)30(14-13-17-5-3-2-4-6-17)16-23(31)29-22-12-7-18(25)15-21(22)24(26,27)28/h2-12,15H,13-14,16H2,1H3,(H,29,31). The van der Waals surface area contributed by atoms with Crippen LogP contribution in [0.1, 0.15) is 11.1 Å². The average Bonchev–Trinajstić information content (AvgIpc) is 2.82. The number of amides is 1. The molecule has 3 rings (SSSR count). The van der Waals surface area contributed by atoms with E-state index in [2.05, 4.69) is 5.32 Å². The molecule has 0 aliphatic heterocycles. The van der Waals surface area contributed by atoms with Crippen LogP contribution in [-0.2, 0) is 27.4 Å². The van der Waals surface area contributed by atoms with E-state index in [1.54, 1.807) is 12.1 Å². The third-order valence-electron chi connectivity index (χ3n) is 5.07. The van der Waals surface area contributed by atoms with Crippen molar-refractivity contribution in [1.29, 1.82) is 0 Å². The highest BCUT2D eigenvalue weighted by Crippen LogP contribution is 2.36. The molecule has 0 aliphatic carbocycles. The van der Waals surface area contributed by atoms with E-state index < -0.39 is 39.9 Å². The zero-order valence-electron chi connectivity index (χ0n) is 18.5. The number of sulfonamides is 1. The number of rotatable bonds is 9. The van der Waals surface area contributed by atoms with Crippen molar-refractivity contribution in [2.24, 2.45) is 0 Å². The smallest absolute Gasteiger partial charge is 0.418 e. The Morgan fingerprint density at radius 3 is 2.29 bits per heavy atom. The zero-order valence-corrected chi connectivity index (χ0v) is 20.1. The maximum absolute atomic E-state index is 13.4. The molecule has 0 saturated heterocycles. The number of hydrogen-bond acceptors (Lipinski definition) is 4. The van der Waals surface area contributed by atoms with Crippen molar-refractivity contribution >= 4 is 33.2 Å². The summed E-state index contributed by atoms with van der Waals surface area (Å²) in [6.07, 6.45) is -4.48. The van der Waals surface area contributed by atoms with Gasteiger partial charge in [-0.1, -0.05) is 41.9 Å². The lowest BCUT2D eigenvalue weighted by Gasteiger charge is -2.22. The van der Waals surface area contributed by atoms with Crippen LogP contribution in [0.2, 0.25) is 5.02 Å². The first-order valence-electron chi connectivity index (χ1n) is 10.4. The van der Waals surface area contributed by atoms with Crippen molar-refractivity contribution in [3.63, 3.8) is 0 Å². The summed E-state index contributed by atoms with van der Waals surface area (Å²) in [5, 5.41) is 2.02. The van der Waals surface area contributed by atoms with Crippen molar-refractivity contribution in [1.82, 2.24) is 4.31 Å². The van der Waals surface area contributed by atoms with E-state index >= 15 is 0 Å². The van der Waals surface area contributed by atoms with Crippen molar-refractivity contribution in [3.8, 4) is 5.75 Å². The van der Waals surface area contributed by atoms with E-state index in [0.29, 0.717) is 11.8 Å². The molecule has 0 fully saturated rings. The molecule has 1 N–H and O–H groups in total. The van der Waals surface area contributed by atoms with Crippen molar-refractivity contribution < 1.29 is 31.1 Å². The molecule has 0 radical (unpaired) electrons. The van der Waals surface area contributed by atoms with E-state index in [-0.39, 0.29) is 22.9 Å². The minimum absolute atomic E-state index is 0.0709. The zero-order chi connectivity index (χ0) is 25.6. The fraction of sp³-hybridized carbons (Fsp3) is 0.208. The van der Waals surface area contributed by atoms with Crippen molar-refractivity contribution in [3.05, 3.63) is 88.9 Å². The summed E-state index contributed by atoms with van der Waals surface area (Å²) < 4.78 is 72.8. The normalized spacial score (nSPS) is 11.9. The van der Waals surface area contributed by atoms with E-state index in [0.717, 1.165) is 15.9 Å². The van der Waals surface area contributed by atoms with E-state index in [9.17, 15) is 26.4 Å². The first-order valence-corrected chi connectivity index (χ1v) is 12.2. The van der Waals surface area contributed by atoms with Gasteiger partial charge in [-0.3, -0.25) is 4.79 Å². The van der Waals surface area contributed by atoms with Crippen LogP contribution in [0.25, 0.3) is 0 Å². The molecular weight excluding hydrogens is 505 g/mol. The molecule has 0 heterocycles. The van der Waals surface area contributed by atoms with Gasteiger partial charge in [0.15, 0.2) is 0 Å². The van der Waals surface area contributed by atoms with Crippen LogP contribution in [0.3, 0.4) is 0 Å². The van der Waals surface area contributed by atoms with Crippen LogP contribution in [0, 0.1) is 0 Å². The maximum Gasteiger partial charge on any atom is 0.418 e. The van der Waals surface area contributed by atoms with Crippen LogP contribution in [0.4, 0.5) is 18.9 Å². The fourth-order valence-corrected chi connectivity index (χ4v) is 4.86. The van der Waals surface area contributed by atoms with Gasteiger partial charge in [-0.05, 0) is 54.4 Å². The van der Waals surface area contributed by atoms with Gasteiger partial charge in [-0.2, -0.15) is 17.5 Å². The molecule has 6 nitrogen and oxygen atoms in total. The van der Waals surface area contributed by atoms with Gasteiger partial charge in [0.05, 0.1) is 29.8 Å². The van der Waals surface area contributed by atoms with Gasteiger partial charge in [0.2, 0.25) is 15.9 Å². The molecule has 0 unspecified atom stereocenters. The number of benzene rings is 3. The molecule has 0 saturated carbocycles. The molecule has 0 bridgehead atoms. The van der Waals surface area contributed by atoms with Gasteiger partial charge in [-0.15, -0.1) is 0 Å². The summed E-state index contributed by atoms with van der Waals surface area (Å²) in [7, 11) is -2.72. The lowest BCUT2D eigenvalue weighted by atomic mass is 10.1. The number of hydrogen-bond donors (Lipinski definition) is 1. The minimum atomic E-state index is -4.77. The number of nitrogens with zero attached hydrogens (tertiary/aromatic N) is 1. The highest BCUT2D eigenvalue weighted by atomic mass is 35.5. The van der Waals surface area contributed by atoms with Crippen molar-refractivity contribution in [2.45, 2.75) is 17.5 Å². The van der Waals surface area contributed by atoms with Gasteiger partial charge in [-0.25, -0.2) is 8.42 Å². The summed E-state index contributed by atoms with van der Waals surface area (Å²) in [5.74, 6) is -0.483. The molecule has 35 heavy (non-hydrogen) atoms. The van der Waals surface area contributed by atoms with Gasteiger partial charge >= 0.3 is 6.18 Å². The highest BCUT2D eigenvalue weighted by Gasteiger charge is 2.35. The second kappa shape index (κ2) is 11.1. The number of carbonyl (C=O) groups excluding carboxylic acids is 1. The monoisotopic (exact) mass is 526 g/mol. The van der Waals surface area contributed by atoms with Crippen LogP contribution in [-0.4, -0.2) is 38.8 Å². The van der Waals surface area contributed by atoms with E-state index in [1.165, 1.54) is 37.4 Å². The Hall–Kier alpha value is -3.08. The van der Waals surface area contributed by atoms with Gasteiger partial charge in [0, 0.05) is 11.6 Å². The summed E-state index contributed by atoms with van der Waals surface area (Å²) in [6, 6.07) is 17.5. The number of methoxy groups -OCH3 is 1. The Kier molecular flexibility index (Phi) is 8.42. The number of nitrogens with one attached hydrogen (secondary N) is 1. The predicted molar refractivity (Wildman–Crippen MR) is 127 cm³/mol. The van der Waals surface area contributed by atoms with Gasteiger partial charge in [0.1, 0.15) is 5.75 Å². The first kappa shape index (κ1) is 26.5. The molecular formula is C24H22ClF3N2O4S. The Bertz CT molecular complexity index is 1270. The molecule has 3 aromatic carbocycles. The molecule has 3 aromatic rings. The molecule has 0 atom stereocenters. The van der Waals surface area contributed by atoms with Gasteiger partial charge < -0.3 is 10.1 Å². The van der Waals surface area contributed by atoms with Crippen LogP contribution in [0.15, 0.2) is 77.7 Å². The third-order valence-corrected chi connectivity index (χ3v) is 7.17.